The minimum atomic E-state index is -0.643. The maximum Gasteiger partial charge on any atom is 0.228 e. The Kier molecular flexibility index (Phi) is 5.00. The van der Waals surface area contributed by atoms with Crippen molar-refractivity contribution in [3.63, 3.8) is 0 Å². The molecule has 1 saturated carbocycles. The molecule has 0 aliphatic heterocycles. The zero-order chi connectivity index (χ0) is 19.7. The van der Waals surface area contributed by atoms with E-state index in [4.69, 9.17) is 0 Å². The number of carbonyl (C=O) groups is 1. The minimum Gasteiger partial charge on any atom is -0.385 e. The van der Waals surface area contributed by atoms with E-state index in [9.17, 15) is 9.90 Å². The lowest BCUT2D eigenvalue weighted by molar-refractivity contribution is -0.117. The Morgan fingerprint density at radius 3 is 2.64 bits per heavy atom. The summed E-state index contributed by atoms with van der Waals surface area (Å²) in [4.78, 5) is 29.6. The number of hydrogen-bond donors (Lipinski definition) is 2. The molecule has 4 rings (SSSR count). The van der Waals surface area contributed by atoms with E-state index in [0.29, 0.717) is 18.1 Å². The Morgan fingerprint density at radius 1 is 1.18 bits per heavy atom. The Labute approximate surface area is 163 Å². The van der Waals surface area contributed by atoms with E-state index in [0.717, 1.165) is 47.0 Å². The number of nitrogens with zero attached hydrogens (tertiary/aromatic N) is 4. The van der Waals surface area contributed by atoms with Crippen LogP contribution in [0.25, 0.3) is 22.0 Å². The van der Waals surface area contributed by atoms with Gasteiger partial charge in [-0.15, -0.1) is 0 Å². The molecule has 1 amide bonds. The molecule has 0 unspecified atom stereocenters. The third-order valence-corrected chi connectivity index (χ3v) is 4.94. The zero-order valence-electron chi connectivity index (χ0n) is 16.0. The lowest BCUT2D eigenvalue weighted by Crippen LogP contribution is -2.14. The number of anilines is 1. The van der Waals surface area contributed by atoms with E-state index in [1.807, 2.05) is 26.0 Å². The van der Waals surface area contributed by atoms with Crippen molar-refractivity contribution in [1.29, 1.82) is 0 Å². The van der Waals surface area contributed by atoms with Crippen LogP contribution in [0.5, 0.6) is 0 Å². The predicted molar refractivity (Wildman–Crippen MR) is 107 cm³/mol. The summed E-state index contributed by atoms with van der Waals surface area (Å²) in [6.45, 7) is 3.90. The number of aliphatic hydroxyl groups excluding tert-OH is 1. The summed E-state index contributed by atoms with van der Waals surface area (Å²) in [7, 11) is 0. The van der Waals surface area contributed by atoms with Crippen LogP contribution in [0, 0.1) is 12.8 Å². The quantitative estimate of drug-likeness (QED) is 0.681. The molecule has 1 fully saturated rings. The van der Waals surface area contributed by atoms with Crippen LogP contribution >= 0.6 is 0 Å². The molecule has 1 aliphatic carbocycles. The molecule has 2 N–H and O–H groups in total. The van der Waals surface area contributed by atoms with Gasteiger partial charge in [-0.1, -0.05) is 13.3 Å². The number of hydrogen-bond acceptors (Lipinski definition) is 6. The van der Waals surface area contributed by atoms with Gasteiger partial charge in [0.25, 0.3) is 0 Å². The van der Waals surface area contributed by atoms with Crippen LogP contribution < -0.4 is 5.32 Å². The molecule has 1 atom stereocenters. The van der Waals surface area contributed by atoms with Crippen molar-refractivity contribution in [2.75, 3.05) is 5.32 Å². The Balaban J connectivity index is 1.59. The first-order chi connectivity index (χ1) is 13.5. The summed E-state index contributed by atoms with van der Waals surface area (Å²) in [5.74, 6) is 1.17. The number of rotatable bonds is 6. The van der Waals surface area contributed by atoms with Gasteiger partial charge in [-0.2, -0.15) is 0 Å². The minimum absolute atomic E-state index is 0.0366. The first-order valence-corrected chi connectivity index (χ1v) is 9.63. The largest absolute Gasteiger partial charge is 0.385 e. The second kappa shape index (κ2) is 7.59. The fraction of sp³-hybridized carbons (Fsp3) is 0.381. The highest BCUT2D eigenvalue weighted by molar-refractivity contribution is 5.95. The highest BCUT2D eigenvalue weighted by atomic mass is 16.3. The normalized spacial score (nSPS) is 14.8. The summed E-state index contributed by atoms with van der Waals surface area (Å²) < 4.78 is 0. The van der Waals surface area contributed by atoms with E-state index < -0.39 is 6.10 Å². The molecule has 0 aromatic carbocycles. The van der Waals surface area contributed by atoms with Crippen LogP contribution in [-0.4, -0.2) is 30.9 Å². The molecule has 1 aliphatic rings. The van der Waals surface area contributed by atoms with Gasteiger partial charge in [-0.05, 0) is 38.3 Å². The second-order valence-electron chi connectivity index (χ2n) is 7.28. The van der Waals surface area contributed by atoms with E-state index >= 15 is 0 Å². The molecule has 0 radical (unpaired) electrons. The summed E-state index contributed by atoms with van der Waals surface area (Å²) in [5.41, 5.74) is 2.34. The van der Waals surface area contributed by atoms with E-state index in [2.05, 4.69) is 25.3 Å². The molecule has 7 nitrogen and oxygen atoms in total. The Bertz CT molecular complexity index is 1030. The lowest BCUT2D eigenvalue weighted by atomic mass is 10.1. The number of fused-ring (bicyclic) bond motifs is 1. The summed E-state index contributed by atoms with van der Waals surface area (Å²) in [6, 6.07) is 3.77. The molecule has 0 saturated heterocycles. The maximum atomic E-state index is 11.9. The van der Waals surface area contributed by atoms with Crippen molar-refractivity contribution >= 4 is 22.5 Å². The molecule has 144 valence electrons. The highest BCUT2D eigenvalue weighted by Gasteiger charge is 2.29. The van der Waals surface area contributed by atoms with Gasteiger partial charge in [0.1, 0.15) is 11.9 Å². The Morgan fingerprint density at radius 2 is 1.93 bits per heavy atom. The van der Waals surface area contributed by atoms with Crippen LogP contribution in [-0.2, 0) is 4.79 Å². The maximum absolute atomic E-state index is 11.9. The average Bonchev–Trinajstić information content (AvgIpc) is 3.53. The monoisotopic (exact) mass is 377 g/mol. The standard InChI is InChI=1S/C21H23N5O2/c1-3-4-18(27)20-24-11-16(12(2)25-20)17-7-14-10-23-19(8-15(14)9-22-17)26-21(28)13-5-6-13/h7-11,13,18,27H,3-6H2,1-2H3,(H,23,26,28)/t18-/m1/s1. The third-order valence-electron chi connectivity index (χ3n) is 4.94. The number of aromatic nitrogens is 4. The highest BCUT2D eigenvalue weighted by Crippen LogP contribution is 2.30. The van der Waals surface area contributed by atoms with Gasteiger partial charge in [-0.3, -0.25) is 9.78 Å². The molecule has 3 aromatic heterocycles. The van der Waals surface area contributed by atoms with E-state index in [1.165, 1.54) is 0 Å². The van der Waals surface area contributed by atoms with Crippen molar-refractivity contribution in [3.05, 3.63) is 42.2 Å². The SMILES string of the molecule is CCC[C@@H](O)c1ncc(-c2cc3cnc(NC(=O)C4CC4)cc3cn2)c(C)n1. The molecular weight excluding hydrogens is 354 g/mol. The molecule has 28 heavy (non-hydrogen) atoms. The van der Waals surface area contributed by atoms with Crippen LogP contribution in [0.15, 0.2) is 30.7 Å². The zero-order valence-corrected chi connectivity index (χ0v) is 16.0. The van der Waals surface area contributed by atoms with E-state index in [1.54, 1.807) is 18.6 Å². The Hall–Kier alpha value is -2.93. The van der Waals surface area contributed by atoms with Crippen LogP contribution in [0.2, 0.25) is 0 Å². The number of nitrogens with one attached hydrogen (secondary N) is 1. The van der Waals surface area contributed by atoms with Gasteiger partial charge in [0.2, 0.25) is 5.91 Å². The van der Waals surface area contributed by atoms with Gasteiger partial charge in [-0.25, -0.2) is 15.0 Å². The molecule has 3 heterocycles. The van der Waals surface area contributed by atoms with Gasteiger partial charge >= 0.3 is 0 Å². The van der Waals surface area contributed by atoms with Gasteiger partial charge in [0, 0.05) is 40.8 Å². The van der Waals surface area contributed by atoms with Crippen LogP contribution in [0.3, 0.4) is 0 Å². The molecule has 3 aromatic rings. The molecular formula is C21H23N5O2. The predicted octanol–water partition coefficient (Wildman–Crippen LogP) is 3.58. The third kappa shape index (κ3) is 3.84. The average molecular weight is 377 g/mol. The van der Waals surface area contributed by atoms with Gasteiger partial charge in [0.05, 0.1) is 11.4 Å². The molecule has 7 heteroatoms. The van der Waals surface area contributed by atoms with Crippen molar-refractivity contribution in [2.24, 2.45) is 5.92 Å². The number of aliphatic hydroxyl groups is 1. The second-order valence-corrected chi connectivity index (χ2v) is 7.28. The number of carbonyl (C=O) groups excluding carboxylic acids is 1. The van der Waals surface area contributed by atoms with Gasteiger partial charge in [0.15, 0.2) is 5.82 Å². The summed E-state index contributed by atoms with van der Waals surface area (Å²) >= 11 is 0. The lowest BCUT2D eigenvalue weighted by Gasteiger charge is -2.11. The molecule has 0 bridgehead atoms. The fourth-order valence-electron chi connectivity index (χ4n) is 3.13. The summed E-state index contributed by atoms with van der Waals surface area (Å²) in [6.07, 6.45) is 7.99. The fourth-order valence-corrected chi connectivity index (χ4v) is 3.13. The summed E-state index contributed by atoms with van der Waals surface area (Å²) in [5, 5.41) is 14.8. The number of amides is 1. The molecule has 0 spiro atoms. The first-order valence-electron chi connectivity index (χ1n) is 9.63. The van der Waals surface area contributed by atoms with Crippen molar-refractivity contribution in [2.45, 2.75) is 45.6 Å². The smallest absolute Gasteiger partial charge is 0.228 e. The number of pyridine rings is 2. The van der Waals surface area contributed by atoms with Crippen molar-refractivity contribution < 1.29 is 9.90 Å². The first kappa shape index (κ1) is 18.4. The topological polar surface area (TPSA) is 101 Å². The van der Waals surface area contributed by atoms with Crippen molar-refractivity contribution in [3.8, 4) is 11.3 Å². The van der Waals surface area contributed by atoms with Gasteiger partial charge < -0.3 is 10.4 Å². The van der Waals surface area contributed by atoms with Crippen molar-refractivity contribution in [1.82, 2.24) is 19.9 Å². The van der Waals surface area contributed by atoms with Crippen LogP contribution in [0.1, 0.15) is 50.2 Å². The van der Waals surface area contributed by atoms with E-state index in [-0.39, 0.29) is 11.8 Å². The number of aryl methyl sites for hydroxylation is 1. The van der Waals surface area contributed by atoms with Crippen LogP contribution in [0.4, 0.5) is 5.82 Å².